The molecule has 0 amide bonds. The first-order valence-electron chi connectivity index (χ1n) is 14.3. The monoisotopic (exact) mass is 577 g/mol. The van der Waals surface area contributed by atoms with Gasteiger partial charge in [0, 0.05) is 35.0 Å². The molecule has 1 spiro atoms. The summed E-state index contributed by atoms with van der Waals surface area (Å²) >= 11 is 0. The molecule has 0 saturated heterocycles. The van der Waals surface area contributed by atoms with E-state index in [1.165, 1.54) is 0 Å². The van der Waals surface area contributed by atoms with Gasteiger partial charge in [0.25, 0.3) is 0 Å². The standard InChI is InChI=1S/C38H27NO3S/c1-39-33-22-9-6-18-29(33)38(30-19-7-10-23-34(30)42-35-24-11-8-20-31(35)38)32-21-13-17-28(37(32)39)27-16-5-12-25-36(27)43(40,41)26-14-3-2-4-15-26/h2-25H,1H3. The molecule has 0 radical (unpaired) electrons. The van der Waals surface area contributed by atoms with Crippen molar-refractivity contribution in [2.75, 3.05) is 11.9 Å². The van der Waals surface area contributed by atoms with Crippen LogP contribution in [0, 0.1) is 0 Å². The highest BCUT2D eigenvalue weighted by molar-refractivity contribution is 7.91. The van der Waals surface area contributed by atoms with Gasteiger partial charge in [0.1, 0.15) is 11.5 Å². The molecule has 6 aromatic carbocycles. The van der Waals surface area contributed by atoms with Gasteiger partial charge in [-0.05, 0) is 47.5 Å². The smallest absolute Gasteiger partial charge is 0.207 e. The second kappa shape index (κ2) is 9.45. The van der Waals surface area contributed by atoms with Crippen LogP contribution in [-0.2, 0) is 15.3 Å². The van der Waals surface area contributed by atoms with Crippen LogP contribution in [0.25, 0.3) is 11.1 Å². The summed E-state index contributed by atoms with van der Waals surface area (Å²) in [5, 5.41) is 0. The van der Waals surface area contributed by atoms with Gasteiger partial charge >= 0.3 is 0 Å². The Labute approximate surface area is 251 Å². The minimum atomic E-state index is -3.79. The van der Waals surface area contributed by atoms with Gasteiger partial charge in [0.15, 0.2) is 0 Å². The van der Waals surface area contributed by atoms with Gasteiger partial charge in [0.2, 0.25) is 9.84 Å². The van der Waals surface area contributed by atoms with E-state index in [9.17, 15) is 8.42 Å². The minimum Gasteiger partial charge on any atom is -0.457 e. The van der Waals surface area contributed by atoms with Crippen LogP contribution in [0.15, 0.2) is 155 Å². The normalized spacial score (nSPS) is 14.2. The van der Waals surface area contributed by atoms with Crippen LogP contribution in [0.5, 0.6) is 11.5 Å². The molecule has 0 aliphatic carbocycles. The summed E-state index contributed by atoms with van der Waals surface area (Å²) in [6.07, 6.45) is 0. The molecular formula is C38H27NO3S. The molecule has 0 aromatic heterocycles. The second-order valence-electron chi connectivity index (χ2n) is 10.9. The third-order valence-electron chi connectivity index (χ3n) is 8.77. The van der Waals surface area contributed by atoms with E-state index >= 15 is 0 Å². The van der Waals surface area contributed by atoms with Crippen LogP contribution in [0.3, 0.4) is 0 Å². The summed E-state index contributed by atoms with van der Waals surface area (Å²) in [6, 6.07) is 47.2. The molecule has 0 unspecified atom stereocenters. The zero-order chi connectivity index (χ0) is 29.2. The Balaban J connectivity index is 1.49. The average Bonchev–Trinajstić information content (AvgIpc) is 3.07. The largest absolute Gasteiger partial charge is 0.457 e. The van der Waals surface area contributed by atoms with Crippen molar-refractivity contribution in [3.05, 3.63) is 168 Å². The molecule has 208 valence electrons. The summed E-state index contributed by atoms with van der Waals surface area (Å²) in [7, 11) is -1.72. The van der Waals surface area contributed by atoms with Crippen molar-refractivity contribution in [3.8, 4) is 22.6 Å². The molecule has 4 nitrogen and oxygen atoms in total. The molecule has 0 bridgehead atoms. The van der Waals surface area contributed by atoms with E-state index < -0.39 is 15.3 Å². The van der Waals surface area contributed by atoms with Crippen LogP contribution < -0.4 is 9.64 Å². The van der Waals surface area contributed by atoms with Gasteiger partial charge < -0.3 is 9.64 Å². The molecule has 5 heteroatoms. The predicted octanol–water partition coefficient (Wildman–Crippen LogP) is 8.76. The summed E-state index contributed by atoms with van der Waals surface area (Å²) in [5.41, 5.74) is 7.17. The van der Waals surface area contributed by atoms with E-state index in [0.29, 0.717) is 5.56 Å². The minimum absolute atomic E-state index is 0.273. The second-order valence-corrected chi connectivity index (χ2v) is 12.9. The van der Waals surface area contributed by atoms with Crippen LogP contribution in [0.1, 0.15) is 22.3 Å². The highest BCUT2D eigenvalue weighted by Crippen LogP contribution is 2.62. The number of rotatable bonds is 3. The van der Waals surface area contributed by atoms with Gasteiger partial charge in [0.05, 0.1) is 20.9 Å². The Kier molecular flexibility index (Phi) is 5.62. The fourth-order valence-electron chi connectivity index (χ4n) is 7.00. The Morgan fingerprint density at radius 3 is 1.79 bits per heavy atom. The molecule has 2 aliphatic heterocycles. The molecule has 0 saturated carbocycles. The lowest BCUT2D eigenvalue weighted by Gasteiger charge is -2.48. The molecule has 8 rings (SSSR count). The highest BCUT2D eigenvalue weighted by atomic mass is 32.2. The van der Waals surface area contributed by atoms with E-state index in [-0.39, 0.29) is 9.79 Å². The fourth-order valence-corrected chi connectivity index (χ4v) is 8.49. The maximum Gasteiger partial charge on any atom is 0.207 e. The predicted molar refractivity (Wildman–Crippen MR) is 170 cm³/mol. The first-order chi connectivity index (χ1) is 21.0. The number of hydrogen-bond acceptors (Lipinski definition) is 4. The van der Waals surface area contributed by atoms with Crippen molar-refractivity contribution in [1.29, 1.82) is 0 Å². The van der Waals surface area contributed by atoms with Crippen LogP contribution in [0.4, 0.5) is 11.4 Å². The molecule has 0 fully saturated rings. The van der Waals surface area contributed by atoms with E-state index in [2.05, 4.69) is 66.5 Å². The molecule has 43 heavy (non-hydrogen) atoms. The first kappa shape index (κ1) is 25.6. The van der Waals surface area contributed by atoms with Crippen molar-refractivity contribution in [2.45, 2.75) is 15.2 Å². The average molecular weight is 578 g/mol. The topological polar surface area (TPSA) is 46.6 Å². The number of benzene rings is 6. The fraction of sp³-hybridized carbons (Fsp3) is 0.0526. The number of sulfone groups is 1. The van der Waals surface area contributed by atoms with Crippen LogP contribution >= 0.6 is 0 Å². The summed E-state index contributed by atoms with van der Waals surface area (Å²) in [6.45, 7) is 0. The molecule has 2 heterocycles. The van der Waals surface area contributed by atoms with Gasteiger partial charge in [-0.15, -0.1) is 0 Å². The summed E-state index contributed by atoms with van der Waals surface area (Å²) in [5.74, 6) is 1.62. The molecule has 2 aliphatic rings. The lowest BCUT2D eigenvalue weighted by molar-refractivity contribution is 0.434. The van der Waals surface area contributed by atoms with E-state index in [1.807, 2.05) is 54.6 Å². The van der Waals surface area contributed by atoms with Crippen molar-refractivity contribution in [2.24, 2.45) is 0 Å². The molecular weight excluding hydrogens is 550 g/mol. The maximum atomic E-state index is 14.1. The van der Waals surface area contributed by atoms with Gasteiger partial charge in [-0.1, -0.05) is 109 Å². The quantitative estimate of drug-likeness (QED) is 0.211. The SMILES string of the molecule is CN1c2ccccc2C2(c3ccccc3Oc3ccccc32)c2cccc(-c3ccccc3S(=O)(=O)c3ccccc3)c21. The van der Waals surface area contributed by atoms with Crippen molar-refractivity contribution in [3.63, 3.8) is 0 Å². The Hall–Kier alpha value is -5.13. The number of nitrogens with zero attached hydrogens (tertiary/aromatic N) is 1. The zero-order valence-electron chi connectivity index (χ0n) is 23.4. The number of fused-ring (bicyclic) bond motifs is 8. The van der Waals surface area contributed by atoms with Gasteiger partial charge in [-0.25, -0.2) is 8.42 Å². The Bertz CT molecular complexity index is 2110. The Morgan fingerprint density at radius 1 is 0.535 bits per heavy atom. The third kappa shape index (κ3) is 3.52. The Morgan fingerprint density at radius 2 is 1.07 bits per heavy atom. The zero-order valence-corrected chi connectivity index (χ0v) is 24.3. The number of ether oxygens (including phenoxy) is 1. The number of hydrogen-bond donors (Lipinski definition) is 0. The number of para-hydroxylation sites is 4. The van der Waals surface area contributed by atoms with Crippen LogP contribution in [0.2, 0.25) is 0 Å². The van der Waals surface area contributed by atoms with Crippen molar-refractivity contribution in [1.82, 2.24) is 0 Å². The number of anilines is 2. The van der Waals surface area contributed by atoms with E-state index in [4.69, 9.17) is 4.74 Å². The van der Waals surface area contributed by atoms with Crippen molar-refractivity contribution < 1.29 is 13.2 Å². The molecule has 0 N–H and O–H groups in total. The van der Waals surface area contributed by atoms with E-state index in [1.54, 1.807) is 36.4 Å². The lowest BCUT2D eigenvalue weighted by atomic mass is 9.61. The first-order valence-corrected chi connectivity index (χ1v) is 15.7. The summed E-state index contributed by atoms with van der Waals surface area (Å²) in [4.78, 5) is 2.76. The molecule has 0 atom stereocenters. The maximum absolute atomic E-state index is 14.1. The van der Waals surface area contributed by atoms with E-state index in [0.717, 1.165) is 50.7 Å². The van der Waals surface area contributed by atoms with Crippen molar-refractivity contribution >= 4 is 21.2 Å². The van der Waals surface area contributed by atoms with Gasteiger partial charge in [-0.2, -0.15) is 0 Å². The molecule has 6 aromatic rings. The highest BCUT2D eigenvalue weighted by Gasteiger charge is 2.51. The summed E-state index contributed by atoms with van der Waals surface area (Å²) < 4.78 is 34.6. The lowest BCUT2D eigenvalue weighted by Crippen LogP contribution is -2.40. The van der Waals surface area contributed by atoms with Crippen LogP contribution in [-0.4, -0.2) is 15.5 Å². The van der Waals surface area contributed by atoms with Gasteiger partial charge in [-0.3, -0.25) is 0 Å². The third-order valence-corrected chi connectivity index (χ3v) is 10.6.